The average molecular weight is 407 g/mol. The molecule has 0 N–H and O–H groups in total. The molecule has 10 heteroatoms. The molecule has 2 rings (SSSR count). The summed E-state index contributed by atoms with van der Waals surface area (Å²) in [6, 6.07) is 11.1. The highest BCUT2D eigenvalue weighted by molar-refractivity contribution is 7.89. The van der Waals surface area contributed by atoms with Crippen molar-refractivity contribution in [2.45, 2.75) is 17.9 Å². The van der Waals surface area contributed by atoms with Crippen molar-refractivity contribution in [3.63, 3.8) is 0 Å². The van der Waals surface area contributed by atoms with Gasteiger partial charge < -0.3 is 4.90 Å². The Hall–Kier alpha value is -2.82. The second-order valence-electron chi connectivity index (χ2n) is 6.07. The lowest BCUT2D eigenvalue weighted by Gasteiger charge is -2.25. The fourth-order valence-electron chi connectivity index (χ4n) is 2.52. The van der Waals surface area contributed by atoms with Crippen molar-refractivity contribution in [2.75, 3.05) is 21.2 Å². The predicted molar refractivity (Wildman–Crippen MR) is 102 cm³/mol. The average Bonchev–Trinajstić information content (AvgIpc) is 2.71. The number of rotatable bonds is 7. The van der Waals surface area contributed by atoms with Crippen LogP contribution in [0.5, 0.6) is 0 Å². The minimum atomic E-state index is -3.80. The highest BCUT2D eigenvalue weighted by Gasteiger charge is 2.23. The van der Waals surface area contributed by atoms with Crippen LogP contribution in [0, 0.1) is 10.1 Å². The number of carbonyl (C=O) groups excluding carboxylic acids is 1. The molecule has 0 unspecified atom stereocenters. The molecule has 0 fully saturated rings. The van der Waals surface area contributed by atoms with Gasteiger partial charge in [-0.05, 0) is 36.8 Å². The second kappa shape index (κ2) is 8.46. The molecule has 28 heavy (non-hydrogen) atoms. The molecule has 0 bridgehead atoms. The van der Waals surface area contributed by atoms with Crippen LogP contribution in [0.4, 0.5) is 5.69 Å². The van der Waals surface area contributed by atoms with Crippen LogP contribution in [0.15, 0.2) is 53.4 Å². The maximum absolute atomic E-state index is 12.7. The van der Waals surface area contributed by atoms with Gasteiger partial charge in [0.15, 0.2) is 0 Å². The van der Waals surface area contributed by atoms with Gasteiger partial charge in [-0.2, -0.15) is 0 Å². The highest BCUT2D eigenvalue weighted by Crippen LogP contribution is 2.25. The third kappa shape index (κ3) is 4.35. The number of non-ortho nitro benzene ring substituents is 1. The van der Waals surface area contributed by atoms with Crippen LogP contribution < -0.4 is 0 Å². The van der Waals surface area contributed by atoms with Crippen LogP contribution in [0.1, 0.15) is 28.9 Å². The smallest absolute Gasteiger partial charge is 0.269 e. The van der Waals surface area contributed by atoms with Gasteiger partial charge in [0.25, 0.3) is 21.6 Å². The summed E-state index contributed by atoms with van der Waals surface area (Å²) in [4.78, 5) is 29.3. The van der Waals surface area contributed by atoms with Crippen molar-refractivity contribution < 1.29 is 23.0 Å². The molecular formula is C18H21N3O6S. The number of amides is 1. The fourth-order valence-corrected chi connectivity index (χ4v) is 3.49. The van der Waals surface area contributed by atoms with Gasteiger partial charge in [-0.25, -0.2) is 8.42 Å². The molecule has 150 valence electrons. The maximum Gasteiger partial charge on any atom is 0.269 e. The molecule has 2 aromatic rings. The monoisotopic (exact) mass is 407 g/mol. The highest BCUT2D eigenvalue weighted by atomic mass is 32.2. The van der Waals surface area contributed by atoms with E-state index in [9.17, 15) is 23.3 Å². The van der Waals surface area contributed by atoms with Crippen molar-refractivity contribution in [1.82, 2.24) is 9.37 Å². The summed E-state index contributed by atoms with van der Waals surface area (Å²) in [5, 5.41) is 10.9. The zero-order chi connectivity index (χ0) is 21.1. The molecule has 9 nitrogen and oxygen atoms in total. The Morgan fingerprint density at radius 3 is 2.29 bits per heavy atom. The molecule has 0 saturated carbocycles. The molecule has 1 amide bonds. The van der Waals surface area contributed by atoms with E-state index in [2.05, 4.69) is 0 Å². The summed E-state index contributed by atoms with van der Waals surface area (Å²) in [5.74, 6) is -0.344. The number of hydroxylamine groups is 1. The third-order valence-corrected chi connectivity index (χ3v) is 6.15. The van der Waals surface area contributed by atoms with E-state index in [0.29, 0.717) is 11.1 Å². The summed E-state index contributed by atoms with van der Waals surface area (Å²) in [6.45, 7) is 1.75. The van der Waals surface area contributed by atoms with Crippen molar-refractivity contribution in [2.24, 2.45) is 0 Å². The molecule has 0 aliphatic carbocycles. The third-order valence-electron chi connectivity index (χ3n) is 4.46. The first-order valence-electron chi connectivity index (χ1n) is 8.24. The van der Waals surface area contributed by atoms with Crippen LogP contribution in [0.2, 0.25) is 0 Å². The Kier molecular flexibility index (Phi) is 6.49. The molecule has 0 radical (unpaired) electrons. The van der Waals surface area contributed by atoms with Gasteiger partial charge in [-0.3, -0.25) is 19.7 Å². The molecule has 1 atom stereocenters. The number of nitrogens with zero attached hydrogens (tertiary/aromatic N) is 3. The number of benzene rings is 2. The van der Waals surface area contributed by atoms with Gasteiger partial charge in [0.05, 0.1) is 23.0 Å². The van der Waals surface area contributed by atoms with Crippen molar-refractivity contribution >= 4 is 21.6 Å². The standard InChI is InChI=1S/C18H21N3O6S/c1-13(15-6-5-7-16(12-15)21(23)24)19(2)18(22)14-8-10-17(11-9-14)28(25,26)20(3)27-4/h5-13H,1-4H3/t13-/m1/s1. The summed E-state index contributed by atoms with van der Waals surface area (Å²) < 4.78 is 25.1. The quantitative estimate of drug-likeness (QED) is 0.515. The van der Waals surface area contributed by atoms with Crippen molar-refractivity contribution in [3.05, 3.63) is 69.8 Å². The maximum atomic E-state index is 12.7. The van der Waals surface area contributed by atoms with Crippen molar-refractivity contribution in [1.29, 1.82) is 0 Å². The van der Waals surface area contributed by atoms with E-state index >= 15 is 0 Å². The van der Waals surface area contributed by atoms with Crippen LogP contribution in [-0.2, 0) is 14.9 Å². The first kappa shape index (κ1) is 21.5. The van der Waals surface area contributed by atoms with E-state index in [1.807, 2.05) is 0 Å². The summed E-state index contributed by atoms with van der Waals surface area (Å²) in [5.41, 5.74) is 0.854. The molecule has 0 aliphatic rings. The molecular weight excluding hydrogens is 386 g/mol. The summed E-state index contributed by atoms with van der Waals surface area (Å²) in [7, 11) is 0.280. The number of hydrogen-bond donors (Lipinski definition) is 0. The molecule has 0 heterocycles. The SMILES string of the molecule is CON(C)S(=O)(=O)c1ccc(C(=O)N(C)[C@H](C)c2cccc([N+](=O)[O-])c2)cc1. The predicted octanol–water partition coefficient (Wildman–Crippen LogP) is 2.61. The fraction of sp³-hybridized carbons (Fsp3) is 0.278. The van der Waals surface area contributed by atoms with Gasteiger partial charge in [0.2, 0.25) is 0 Å². The zero-order valence-corrected chi connectivity index (χ0v) is 16.7. The summed E-state index contributed by atoms with van der Waals surface area (Å²) >= 11 is 0. The van der Waals surface area contributed by atoms with Gasteiger partial charge in [-0.1, -0.05) is 16.6 Å². The molecule has 0 saturated heterocycles. The minimum Gasteiger partial charge on any atom is -0.335 e. The Morgan fingerprint density at radius 2 is 1.75 bits per heavy atom. The van der Waals surface area contributed by atoms with E-state index < -0.39 is 21.0 Å². The zero-order valence-electron chi connectivity index (χ0n) is 15.9. The number of carbonyl (C=O) groups is 1. The van der Waals surface area contributed by atoms with E-state index in [1.165, 1.54) is 55.5 Å². The number of sulfonamides is 1. The largest absolute Gasteiger partial charge is 0.335 e. The Labute approximate surface area is 163 Å². The number of nitro groups is 1. The molecule has 0 aromatic heterocycles. The van der Waals surface area contributed by atoms with Gasteiger partial charge >= 0.3 is 0 Å². The second-order valence-corrected chi connectivity index (χ2v) is 8.00. The lowest BCUT2D eigenvalue weighted by Crippen LogP contribution is -2.30. The summed E-state index contributed by atoms with van der Waals surface area (Å²) in [6.07, 6.45) is 0. The Balaban J connectivity index is 2.23. The topological polar surface area (TPSA) is 110 Å². The Morgan fingerprint density at radius 1 is 1.14 bits per heavy atom. The van der Waals surface area contributed by atoms with Crippen LogP contribution in [-0.4, -0.2) is 49.8 Å². The van der Waals surface area contributed by atoms with E-state index in [4.69, 9.17) is 4.84 Å². The van der Waals surface area contributed by atoms with E-state index in [-0.39, 0.29) is 16.5 Å². The van der Waals surface area contributed by atoms with Gasteiger partial charge in [-0.15, -0.1) is 0 Å². The van der Waals surface area contributed by atoms with E-state index in [1.54, 1.807) is 26.1 Å². The van der Waals surface area contributed by atoms with Crippen LogP contribution >= 0.6 is 0 Å². The molecule has 2 aromatic carbocycles. The minimum absolute atomic E-state index is 0.0113. The van der Waals surface area contributed by atoms with Crippen molar-refractivity contribution in [3.8, 4) is 0 Å². The first-order valence-corrected chi connectivity index (χ1v) is 9.68. The van der Waals surface area contributed by atoms with Gasteiger partial charge in [0.1, 0.15) is 0 Å². The molecule has 0 aliphatic heterocycles. The lowest BCUT2D eigenvalue weighted by atomic mass is 10.1. The van der Waals surface area contributed by atoms with Crippen LogP contribution in [0.3, 0.4) is 0 Å². The lowest BCUT2D eigenvalue weighted by molar-refractivity contribution is -0.384. The van der Waals surface area contributed by atoms with Crippen LogP contribution in [0.25, 0.3) is 0 Å². The number of nitro benzene ring substituents is 1. The van der Waals surface area contributed by atoms with Gasteiger partial charge in [0, 0.05) is 31.8 Å². The molecule has 0 spiro atoms. The first-order chi connectivity index (χ1) is 13.1. The Bertz CT molecular complexity index is 975. The normalized spacial score (nSPS) is 12.6. The number of hydrogen-bond acceptors (Lipinski definition) is 6. The van der Waals surface area contributed by atoms with E-state index in [0.717, 1.165) is 4.47 Å².